The molecule has 7 heteroatoms. The van der Waals surface area contributed by atoms with E-state index in [4.69, 9.17) is 4.74 Å². The van der Waals surface area contributed by atoms with E-state index in [0.29, 0.717) is 6.42 Å². The van der Waals surface area contributed by atoms with Gasteiger partial charge >= 0.3 is 0 Å². The molecule has 0 saturated heterocycles. The highest BCUT2D eigenvalue weighted by Crippen LogP contribution is 2.24. The van der Waals surface area contributed by atoms with Crippen molar-refractivity contribution in [2.75, 3.05) is 7.11 Å². The lowest BCUT2D eigenvalue weighted by Gasteiger charge is -2.26. The van der Waals surface area contributed by atoms with E-state index in [0.717, 1.165) is 11.3 Å². The number of sulfonamides is 1. The summed E-state index contributed by atoms with van der Waals surface area (Å²) < 4.78 is 34.3. The van der Waals surface area contributed by atoms with Crippen LogP contribution in [0.15, 0.2) is 41.6 Å². The summed E-state index contributed by atoms with van der Waals surface area (Å²) in [6, 6.07) is 7.58. The number of nitrogens with one attached hydrogen (secondary N) is 1. The maximum absolute atomic E-state index is 12.4. The molecule has 22 heavy (non-hydrogen) atoms. The molecule has 0 amide bonds. The molecule has 1 aromatic heterocycles. The van der Waals surface area contributed by atoms with E-state index in [9.17, 15) is 8.42 Å². The Morgan fingerprint density at radius 3 is 2.59 bits per heavy atom. The highest BCUT2D eigenvalue weighted by molar-refractivity contribution is 7.89. The lowest BCUT2D eigenvalue weighted by molar-refractivity contribution is 0.395. The average molecular weight is 323 g/mol. The van der Waals surface area contributed by atoms with Crippen molar-refractivity contribution in [2.24, 2.45) is 7.05 Å². The smallest absolute Gasteiger partial charge is 0.244 e. The lowest BCUT2D eigenvalue weighted by atomic mass is 9.96. The van der Waals surface area contributed by atoms with E-state index in [1.54, 1.807) is 14.2 Å². The van der Waals surface area contributed by atoms with Gasteiger partial charge in [0.15, 0.2) is 0 Å². The number of aryl methyl sites for hydroxylation is 1. The number of nitrogens with zero attached hydrogens (tertiary/aromatic N) is 2. The van der Waals surface area contributed by atoms with Crippen molar-refractivity contribution in [3.8, 4) is 5.75 Å². The molecule has 1 heterocycles. The molecular formula is C15H21N3O3S. The van der Waals surface area contributed by atoms with E-state index >= 15 is 0 Å². The van der Waals surface area contributed by atoms with E-state index in [1.165, 1.54) is 17.1 Å². The molecule has 6 nitrogen and oxygen atoms in total. The monoisotopic (exact) mass is 323 g/mol. The Labute approximate surface area is 131 Å². The zero-order valence-electron chi connectivity index (χ0n) is 13.2. The Hall–Kier alpha value is -1.86. The van der Waals surface area contributed by atoms with Gasteiger partial charge < -0.3 is 4.74 Å². The van der Waals surface area contributed by atoms with Crippen LogP contribution >= 0.6 is 0 Å². The fourth-order valence-corrected chi connectivity index (χ4v) is 3.72. The first-order valence-electron chi connectivity index (χ1n) is 6.88. The fourth-order valence-electron chi connectivity index (χ4n) is 2.32. The Morgan fingerprint density at radius 1 is 1.32 bits per heavy atom. The van der Waals surface area contributed by atoms with Gasteiger partial charge in [0.2, 0.25) is 10.0 Å². The molecular weight excluding hydrogens is 302 g/mol. The van der Waals surface area contributed by atoms with Gasteiger partial charge in [-0.2, -0.15) is 5.10 Å². The summed E-state index contributed by atoms with van der Waals surface area (Å²) in [5, 5.41) is 3.90. The van der Waals surface area contributed by atoms with Crippen molar-refractivity contribution in [3.63, 3.8) is 0 Å². The van der Waals surface area contributed by atoms with Gasteiger partial charge in [0.1, 0.15) is 10.6 Å². The van der Waals surface area contributed by atoms with Gasteiger partial charge in [-0.15, -0.1) is 0 Å². The molecule has 2 rings (SSSR count). The van der Waals surface area contributed by atoms with Crippen molar-refractivity contribution in [1.29, 1.82) is 0 Å². The summed E-state index contributed by atoms with van der Waals surface area (Å²) in [6.07, 6.45) is 3.32. The number of ether oxygens (including phenoxy) is 1. The van der Waals surface area contributed by atoms with Crippen molar-refractivity contribution in [2.45, 2.75) is 30.7 Å². The minimum Gasteiger partial charge on any atom is -0.496 e. The molecule has 0 atom stereocenters. The summed E-state index contributed by atoms with van der Waals surface area (Å²) in [6.45, 7) is 3.68. The molecule has 0 aliphatic heterocycles. The number of hydrogen-bond acceptors (Lipinski definition) is 4. The quantitative estimate of drug-likeness (QED) is 0.878. The van der Waals surface area contributed by atoms with Crippen LogP contribution in [0.1, 0.15) is 19.4 Å². The SMILES string of the molecule is COc1ccccc1CC(C)(C)NS(=O)(=O)c1cnn(C)c1. The third-order valence-electron chi connectivity index (χ3n) is 3.23. The maximum atomic E-state index is 12.4. The Kier molecular flexibility index (Phi) is 4.58. The predicted molar refractivity (Wildman–Crippen MR) is 84.3 cm³/mol. The van der Waals surface area contributed by atoms with Crippen molar-refractivity contribution < 1.29 is 13.2 Å². The second-order valence-corrected chi connectivity index (χ2v) is 7.51. The third-order valence-corrected chi connectivity index (χ3v) is 4.88. The standard InChI is InChI=1S/C15H21N3O3S/c1-15(2,9-12-7-5-6-8-14(12)21-4)17-22(19,20)13-10-16-18(3)11-13/h5-8,10-11,17H,9H2,1-4H3. The van der Waals surface area contributed by atoms with Crippen LogP contribution in [0.5, 0.6) is 5.75 Å². The van der Waals surface area contributed by atoms with E-state index in [1.807, 2.05) is 38.1 Å². The van der Waals surface area contributed by atoms with Crippen LogP contribution < -0.4 is 9.46 Å². The van der Waals surface area contributed by atoms with Crippen LogP contribution in [0, 0.1) is 0 Å². The molecule has 2 aromatic rings. The highest BCUT2D eigenvalue weighted by atomic mass is 32.2. The Bertz CT molecular complexity index is 751. The topological polar surface area (TPSA) is 73.2 Å². The molecule has 0 unspecified atom stereocenters. The van der Waals surface area contributed by atoms with Gasteiger partial charge in [-0.1, -0.05) is 18.2 Å². The van der Waals surface area contributed by atoms with Crippen LogP contribution in [0.4, 0.5) is 0 Å². The molecule has 0 radical (unpaired) electrons. The second kappa shape index (κ2) is 6.10. The number of hydrogen-bond donors (Lipinski definition) is 1. The fraction of sp³-hybridized carbons (Fsp3) is 0.400. The maximum Gasteiger partial charge on any atom is 0.244 e. The van der Waals surface area contributed by atoms with Gasteiger partial charge in [-0.05, 0) is 31.9 Å². The summed E-state index contributed by atoms with van der Waals surface area (Å²) in [5.41, 5.74) is 0.285. The highest BCUT2D eigenvalue weighted by Gasteiger charge is 2.28. The van der Waals surface area contributed by atoms with Gasteiger partial charge in [-0.3, -0.25) is 4.68 Å². The minimum absolute atomic E-state index is 0.156. The molecule has 1 N–H and O–H groups in total. The summed E-state index contributed by atoms with van der Waals surface area (Å²) in [5.74, 6) is 0.746. The summed E-state index contributed by atoms with van der Waals surface area (Å²) >= 11 is 0. The molecule has 0 aliphatic carbocycles. The lowest BCUT2D eigenvalue weighted by Crippen LogP contribution is -2.44. The van der Waals surface area contributed by atoms with Crippen LogP contribution in [0.2, 0.25) is 0 Å². The summed E-state index contributed by atoms with van der Waals surface area (Å²) in [4.78, 5) is 0.156. The number of methoxy groups -OCH3 is 1. The second-order valence-electron chi connectivity index (χ2n) is 5.83. The molecule has 0 saturated carbocycles. The summed E-state index contributed by atoms with van der Waals surface area (Å²) in [7, 11) is -0.329. The van der Waals surface area contributed by atoms with Crippen molar-refractivity contribution in [3.05, 3.63) is 42.2 Å². The first kappa shape index (κ1) is 16.5. The molecule has 0 bridgehead atoms. The van der Waals surface area contributed by atoms with E-state index < -0.39 is 15.6 Å². The molecule has 0 aliphatic rings. The van der Waals surface area contributed by atoms with Crippen LogP contribution in [0.3, 0.4) is 0 Å². The number of rotatable bonds is 6. The first-order valence-corrected chi connectivity index (χ1v) is 8.36. The molecule has 0 fully saturated rings. The number of benzene rings is 1. The number of para-hydroxylation sites is 1. The zero-order valence-corrected chi connectivity index (χ0v) is 14.0. The molecule has 0 spiro atoms. The van der Waals surface area contributed by atoms with E-state index in [2.05, 4.69) is 9.82 Å². The Balaban J connectivity index is 2.20. The van der Waals surface area contributed by atoms with Gasteiger partial charge in [0.25, 0.3) is 0 Å². The van der Waals surface area contributed by atoms with Crippen molar-refractivity contribution >= 4 is 10.0 Å². The molecule has 1 aromatic carbocycles. The first-order chi connectivity index (χ1) is 10.2. The Morgan fingerprint density at radius 2 is 2.00 bits per heavy atom. The predicted octanol–water partition coefficient (Wildman–Crippen LogP) is 1.73. The normalized spacial score (nSPS) is 12.4. The van der Waals surface area contributed by atoms with Crippen LogP contribution in [0.25, 0.3) is 0 Å². The molecule has 120 valence electrons. The van der Waals surface area contributed by atoms with Crippen LogP contribution in [-0.2, 0) is 23.5 Å². The largest absolute Gasteiger partial charge is 0.496 e. The van der Waals surface area contributed by atoms with Gasteiger partial charge in [0.05, 0.1) is 13.3 Å². The van der Waals surface area contributed by atoms with Crippen molar-refractivity contribution in [1.82, 2.24) is 14.5 Å². The van der Waals surface area contributed by atoms with Gasteiger partial charge in [-0.25, -0.2) is 13.1 Å². The van der Waals surface area contributed by atoms with Crippen LogP contribution in [-0.4, -0.2) is 30.8 Å². The average Bonchev–Trinajstić information content (AvgIpc) is 2.85. The van der Waals surface area contributed by atoms with Gasteiger partial charge in [0, 0.05) is 18.8 Å². The number of aromatic nitrogens is 2. The minimum atomic E-state index is -3.61. The van der Waals surface area contributed by atoms with E-state index in [-0.39, 0.29) is 4.90 Å². The third kappa shape index (κ3) is 3.86. The zero-order chi connectivity index (χ0) is 16.4.